The maximum absolute atomic E-state index is 12.8. The predicted molar refractivity (Wildman–Crippen MR) is 128 cm³/mol. The standard InChI is InChI=1S/C27H33N3O4/c1-3-34-24-15-21(23(14-18(24)2)19-4-5-19)16-29-12-10-27(11-13-29)17-30(26(33)28-27)22-8-6-20(7-9-22)25(31)32/h6-9,14-15,19H,3-5,10-13,16-17H2,1-2H3,(H,28,33)(H,31,32)/p-1. The fraction of sp³-hybridized carbons (Fsp3) is 0.481. The van der Waals surface area contributed by atoms with Crippen LogP contribution in [0.25, 0.3) is 0 Å². The summed E-state index contributed by atoms with van der Waals surface area (Å²) in [6.07, 6.45) is 4.31. The highest BCUT2D eigenvalue weighted by Gasteiger charge is 2.45. The number of urea groups is 1. The van der Waals surface area contributed by atoms with Crippen LogP contribution in [0, 0.1) is 6.92 Å². The largest absolute Gasteiger partial charge is 0.545 e. The van der Waals surface area contributed by atoms with Crippen LogP contribution in [-0.2, 0) is 6.54 Å². The zero-order chi connectivity index (χ0) is 23.9. The van der Waals surface area contributed by atoms with Crippen LogP contribution in [0.2, 0.25) is 0 Å². The topological polar surface area (TPSA) is 84.9 Å². The lowest BCUT2D eigenvalue weighted by atomic mass is 9.87. The number of carbonyl (C=O) groups excluding carboxylic acids is 2. The van der Waals surface area contributed by atoms with Crippen molar-refractivity contribution in [1.29, 1.82) is 0 Å². The van der Waals surface area contributed by atoms with E-state index in [1.807, 2.05) is 6.92 Å². The van der Waals surface area contributed by atoms with Crippen molar-refractivity contribution in [3.8, 4) is 5.75 Å². The van der Waals surface area contributed by atoms with Crippen LogP contribution in [0.4, 0.5) is 10.5 Å². The Bertz CT molecular complexity index is 1090. The van der Waals surface area contributed by atoms with Crippen LogP contribution in [0.15, 0.2) is 36.4 Å². The summed E-state index contributed by atoms with van der Waals surface area (Å²) in [4.78, 5) is 28.0. The number of carboxylic acids is 1. The third kappa shape index (κ3) is 4.49. The monoisotopic (exact) mass is 462 g/mol. The highest BCUT2D eigenvalue weighted by Crippen LogP contribution is 2.44. The molecule has 1 N–H and O–H groups in total. The molecule has 7 nitrogen and oxygen atoms in total. The number of aromatic carboxylic acids is 1. The first-order valence-electron chi connectivity index (χ1n) is 12.3. The SMILES string of the molecule is CCOc1cc(CN2CCC3(CC2)CN(c2ccc(C(=O)[O-])cc2)C(=O)N3)c(C2CC2)cc1C. The van der Waals surface area contributed by atoms with E-state index in [-0.39, 0.29) is 17.1 Å². The van der Waals surface area contributed by atoms with Gasteiger partial charge in [0.25, 0.3) is 0 Å². The first-order valence-corrected chi connectivity index (χ1v) is 12.3. The quantitative estimate of drug-likeness (QED) is 0.683. The van der Waals surface area contributed by atoms with Crippen LogP contribution in [0.5, 0.6) is 5.75 Å². The molecule has 1 spiro atoms. The number of benzene rings is 2. The molecular weight excluding hydrogens is 430 g/mol. The van der Waals surface area contributed by atoms with E-state index in [1.165, 1.54) is 41.7 Å². The molecule has 3 fully saturated rings. The zero-order valence-electron chi connectivity index (χ0n) is 19.9. The van der Waals surface area contributed by atoms with Gasteiger partial charge >= 0.3 is 6.03 Å². The lowest BCUT2D eigenvalue weighted by Crippen LogP contribution is -2.52. The van der Waals surface area contributed by atoms with Crippen molar-refractivity contribution in [2.45, 2.75) is 57.5 Å². The van der Waals surface area contributed by atoms with Gasteiger partial charge in [0, 0.05) is 25.3 Å². The first kappa shape index (κ1) is 22.7. The van der Waals surface area contributed by atoms with Crippen molar-refractivity contribution in [3.05, 3.63) is 58.7 Å². The molecule has 2 aliphatic heterocycles. The zero-order valence-corrected chi connectivity index (χ0v) is 19.9. The van der Waals surface area contributed by atoms with Crippen molar-refractivity contribution in [2.75, 3.05) is 31.1 Å². The van der Waals surface area contributed by atoms with Crippen LogP contribution < -0.4 is 20.1 Å². The number of rotatable bonds is 7. The summed E-state index contributed by atoms with van der Waals surface area (Å²) in [5.41, 5.74) is 4.63. The van der Waals surface area contributed by atoms with Gasteiger partial charge in [-0.05, 0) is 85.9 Å². The number of hydrogen-bond donors (Lipinski definition) is 1. The predicted octanol–water partition coefficient (Wildman–Crippen LogP) is 3.20. The Morgan fingerprint density at radius 2 is 1.88 bits per heavy atom. The first-order chi connectivity index (χ1) is 16.4. The second-order valence-electron chi connectivity index (χ2n) is 9.93. The van der Waals surface area contributed by atoms with E-state index in [0.29, 0.717) is 24.8 Å². The molecule has 1 saturated carbocycles. The summed E-state index contributed by atoms with van der Waals surface area (Å²) in [6, 6.07) is 10.8. The molecule has 7 heteroatoms. The van der Waals surface area contributed by atoms with Crippen molar-refractivity contribution in [3.63, 3.8) is 0 Å². The molecule has 1 aliphatic carbocycles. The molecule has 3 aliphatic rings. The number of carbonyl (C=O) groups is 2. The number of hydrogen-bond acceptors (Lipinski definition) is 5. The fourth-order valence-electron chi connectivity index (χ4n) is 5.33. The van der Waals surface area contributed by atoms with Crippen molar-refractivity contribution < 1.29 is 19.4 Å². The van der Waals surface area contributed by atoms with E-state index in [0.717, 1.165) is 38.2 Å². The number of amides is 2. The molecule has 2 aromatic rings. The lowest BCUT2D eigenvalue weighted by Gasteiger charge is -2.39. The number of nitrogens with one attached hydrogen (secondary N) is 1. The van der Waals surface area contributed by atoms with Crippen molar-refractivity contribution >= 4 is 17.7 Å². The number of likely N-dealkylation sites (tertiary alicyclic amines) is 1. The molecule has 2 amide bonds. The van der Waals surface area contributed by atoms with Gasteiger partial charge in [0.1, 0.15) is 5.75 Å². The average Bonchev–Trinajstić information content (AvgIpc) is 3.61. The molecule has 34 heavy (non-hydrogen) atoms. The maximum Gasteiger partial charge on any atom is 0.322 e. The Balaban J connectivity index is 1.25. The van der Waals surface area contributed by atoms with E-state index >= 15 is 0 Å². The molecule has 0 aromatic heterocycles. The molecule has 0 unspecified atom stereocenters. The van der Waals surface area contributed by atoms with E-state index in [1.54, 1.807) is 17.0 Å². The minimum atomic E-state index is -1.21. The molecular formula is C27H32N3O4-. The third-order valence-corrected chi connectivity index (χ3v) is 7.45. The van der Waals surface area contributed by atoms with Crippen LogP contribution in [-0.4, -0.2) is 48.7 Å². The minimum absolute atomic E-state index is 0.112. The summed E-state index contributed by atoms with van der Waals surface area (Å²) in [7, 11) is 0. The second-order valence-corrected chi connectivity index (χ2v) is 9.93. The lowest BCUT2D eigenvalue weighted by molar-refractivity contribution is -0.255. The molecule has 180 valence electrons. The van der Waals surface area contributed by atoms with Gasteiger partial charge in [0.2, 0.25) is 0 Å². The number of carboxylic acid groups (broad SMARTS) is 1. The number of nitrogens with zero attached hydrogens (tertiary/aromatic N) is 2. The molecule has 2 aromatic carbocycles. The van der Waals surface area contributed by atoms with Gasteiger partial charge in [-0.25, -0.2) is 4.79 Å². The van der Waals surface area contributed by atoms with Crippen LogP contribution in [0.1, 0.15) is 65.6 Å². The smallest absolute Gasteiger partial charge is 0.322 e. The summed E-state index contributed by atoms with van der Waals surface area (Å²) < 4.78 is 5.88. The summed E-state index contributed by atoms with van der Waals surface area (Å²) in [6.45, 7) is 8.16. The molecule has 0 bridgehead atoms. The van der Waals surface area contributed by atoms with E-state index in [9.17, 15) is 14.7 Å². The minimum Gasteiger partial charge on any atom is -0.545 e. The Hall–Kier alpha value is -3.06. The average molecular weight is 463 g/mol. The molecule has 0 atom stereocenters. The molecule has 2 saturated heterocycles. The van der Waals surface area contributed by atoms with E-state index in [4.69, 9.17) is 4.74 Å². The maximum atomic E-state index is 12.8. The van der Waals surface area contributed by atoms with Gasteiger partial charge in [0.15, 0.2) is 0 Å². The number of piperidine rings is 1. The van der Waals surface area contributed by atoms with Gasteiger partial charge in [-0.2, -0.15) is 0 Å². The molecule has 5 rings (SSSR count). The molecule has 2 heterocycles. The Labute approximate surface area is 200 Å². The highest BCUT2D eigenvalue weighted by molar-refractivity contribution is 5.96. The Morgan fingerprint density at radius 1 is 1.18 bits per heavy atom. The highest BCUT2D eigenvalue weighted by atomic mass is 16.5. The van der Waals surface area contributed by atoms with Crippen molar-refractivity contribution in [2.24, 2.45) is 0 Å². The number of ether oxygens (including phenoxy) is 1. The number of aryl methyl sites for hydroxylation is 1. The Kier molecular flexibility index (Phi) is 5.98. The van der Waals surface area contributed by atoms with Crippen LogP contribution in [0.3, 0.4) is 0 Å². The van der Waals surface area contributed by atoms with E-state index in [2.05, 4.69) is 29.3 Å². The van der Waals surface area contributed by atoms with Crippen molar-refractivity contribution in [1.82, 2.24) is 10.2 Å². The van der Waals surface area contributed by atoms with Gasteiger partial charge in [-0.15, -0.1) is 0 Å². The molecule has 0 radical (unpaired) electrons. The normalized spacial score (nSPS) is 19.9. The van der Waals surface area contributed by atoms with Gasteiger partial charge < -0.3 is 20.0 Å². The van der Waals surface area contributed by atoms with Gasteiger partial charge in [-0.1, -0.05) is 18.2 Å². The Morgan fingerprint density at radius 3 is 2.50 bits per heavy atom. The third-order valence-electron chi connectivity index (χ3n) is 7.45. The fourth-order valence-corrected chi connectivity index (χ4v) is 5.33. The van der Waals surface area contributed by atoms with Gasteiger partial charge in [0.05, 0.1) is 24.7 Å². The second kappa shape index (κ2) is 8.95. The van der Waals surface area contributed by atoms with Gasteiger partial charge in [-0.3, -0.25) is 9.80 Å². The number of anilines is 1. The van der Waals surface area contributed by atoms with E-state index < -0.39 is 5.97 Å². The summed E-state index contributed by atoms with van der Waals surface area (Å²) in [5.74, 6) is 0.457. The van der Waals surface area contributed by atoms with Crippen LogP contribution >= 0.6 is 0 Å². The summed E-state index contributed by atoms with van der Waals surface area (Å²) in [5, 5.41) is 14.2. The summed E-state index contributed by atoms with van der Waals surface area (Å²) >= 11 is 0.